The molecule has 0 spiro atoms. The van der Waals surface area contributed by atoms with Crippen molar-refractivity contribution in [3.63, 3.8) is 0 Å². The average molecular weight is 441 g/mol. The van der Waals surface area contributed by atoms with Gasteiger partial charge in [-0.15, -0.1) is 11.1 Å². The normalized spacial score (nSPS) is 24.8. The predicted octanol–water partition coefficient (Wildman–Crippen LogP) is 0.350. The molecule has 2 aliphatic heterocycles. The first-order chi connectivity index (χ1) is 15.6. The maximum Gasteiger partial charge on any atom is 0.220 e. The Balaban J connectivity index is 1.33. The SMILES string of the molecule is O=C=C1C(CC(=O)NC2CC2)CC=CN1NNN1C=CCC(CC(=O)NC2CC2)C1=C=O. The van der Waals surface area contributed by atoms with Gasteiger partial charge in [0.2, 0.25) is 11.8 Å². The van der Waals surface area contributed by atoms with Crippen molar-refractivity contribution in [2.24, 2.45) is 11.8 Å². The number of amides is 2. The van der Waals surface area contributed by atoms with Crippen molar-refractivity contribution in [3.05, 3.63) is 35.9 Å². The van der Waals surface area contributed by atoms with Crippen molar-refractivity contribution in [1.82, 2.24) is 31.7 Å². The molecule has 2 saturated carbocycles. The second-order valence-electron chi connectivity index (χ2n) is 8.66. The summed E-state index contributed by atoms with van der Waals surface area (Å²) in [5, 5.41) is 8.77. The van der Waals surface area contributed by atoms with Crippen LogP contribution in [0.5, 0.6) is 0 Å². The summed E-state index contributed by atoms with van der Waals surface area (Å²) < 4.78 is 0. The number of rotatable bonds is 9. The quantitative estimate of drug-likeness (QED) is 0.299. The van der Waals surface area contributed by atoms with Crippen molar-refractivity contribution < 1.29 is 19.2 Å². The van der Waals surface area contributed by atoms with Gasteiger partial charge in [0.15, 0.2) is 0 Å². The lowest BCUT2D eigenvalue weighted by Gasteiger charge is -2.35. The van der Waals surface area contributed by atoms with Crippen LogP contribution in [0.25, 0.3) is 0 Å². The van der Waals surface area contributed by atoms with Crippen molar-refractivity contribution in [1.29, 1.82) is 0 Å². The lowest BCUT2D eigenvalue weighted by atomic mass is 9.95. The van der Waals surface area contributed by atoms with Gasteiger partial charge in [0, 0.05) is 49.2 Å². The number of nitrogens with one attached hydrogen (secondary N) is 4. The van der Waals surface area contributed by atoms with Crippen LogP contribution in [0.4, 0.5) is 0 Å². The molecule has 10 nitrogen and oxygen atoms in total. The highest BCUT2D eigenvalue weighted by Gasteiger charge is 2.31. The van der Waals surface area contributed by atoms with Gasteiger partial charge in [0.1, 0.15) is 23.3 Å². The fourth-order valence-corrected chi connectivity index (χ4v) is 3.84. The van der Waals surface area contributed by atoms with Gasteiger partial charge >= 0.3 is 0 Å². The van der Waals surface area contributed by atoms with E-state index in [9.17, 15) is 19.2 Å². The molecule has 170 valence electrons. The van der Waals surface area contributed by atoms with Crippen LogP contribution in [0.3, 0.4) is 0 Å². The number of carbonyl (C=O) groups is 2. The van der Waals surface area contributed by atoms with Gasteiger partial charge < -0.3 is 10.6 Å². The second-order valence-corrected chi connectivity index (χ2v) is 8.66. The molecule has 2 amide bonds. The van der Waals surface area contributed by atoms with Crippen LogP contribution < -0.4 is 21.7 Å². The van der Waals surface area contributed by atoms with E-state index in [1.807, 2.05) is 24.0 Å². The van der Waals surface area contributed by atoms with Crippen molar-refractivity contribution in [2.45, 2.75) is 63.5 Å². The van der Waals surface area contributed by atoms with Gasteiger partial charge in [-0.05, 0) is 38.5 Å². The van der Waals surface area contributed by atoms with Crippen LogP contribution in [0.1, 0.15) is 51.4 Å². The largest absolute Gasteiger partial charge is 0.353 e. The van der Waals surface area contributed by atoms with Crippen molar-refractivity contribution >= 4 is 23.7 Å². The third-order valence-corrected chi connectivity index (χ3v) is 5.89. The zero-order chi connectivity index (χ0) is 22.5. The van der Waals surface area contributed by atoms with Crippen LogP contribution in [0.2, 0.25) is 0 Å². The van der Waals surface area contributed by atoms with E-state index in [4.69, 9.17) is 0 Å². The third-order valence-electron chi connectivity index (χ3n) is 5.89. The fraction of sp³-hybridized carbons (Fsp3) is 0.545. The Morgan fingerprint density at radius 2 is 1.19 bits per heavy atom. The first kappa shape index (κ1) is 22.0. The van der Waals surface area contributed by atoms with Gasteiger partial charge in [0.05, 0.1) is 0 Å². The Kier molecular flexibility index (Phi) is 6.87. The monoisotopic (exact) mass is 440 g/mol. The van der Waals surface area contributed by atoms with E-state index < -0.39 is 0 Å². The summed E-state index contributed by atoms with van der Waals surface area (Å²) in [5.41, 5.74) is 6.33. The maximum absolute atomic E-state index is 12.2. The van der Waals surface area contributed by atoms with E-state index in [2.05, 4.69) is 21.7 Å². The summed E-state index contributed by atoms with van der Waals surface area (Å²) in [4.78, 5) is 47.7. The summed E-state index contributed by atoms with van der Waals surface area (Å²) in [6.45, 7) is 0. The minimum Gasteiger partial charge on any atom is -0.353 e. The zero-order valence-electron chi connectivity index (χ0n) is 17.8. The van der Waals surface area contributed by atoms with Crippen LogP contribution in [-0.2, 0) is 19.2 Å². The molecular weight excluding hydrogens is 412 g/mol. The Hall–Kier alpha value is -3.16. The molecule has 32 heavy (non-hydrogen) atoms. The Labute approximate surface area is 186 Å². The number of carbonyl (C=O) groups excluding carboxylic acids is 4. The Morgan fingerprint density at radius 3 is 1.53 bits per heavy atom. The number of hydrazine groups is 3. The van der Waals surface area contributed by atoms with E-state index in [-0.39, 0.29) is 48.6 Å². The minimum atomic E-state index is -0.303. The summed E-state index contributed by atoms with van der Waals surface area (Å²) in [5.74, 6) is 3.11. The van der Waals surface area contributed by atoms with E-state index >= 15 is 0 Å². The smallest absolute Gasteiger partial charge is 0.220 e. The van der Waals surface area contributed by atoms with Crippen LogP contribution in [-0.4, -0.2) is 45.8 Å². The van der Waals surface area contributed by atoms with Crippen molar-refractivity contribution in [2.75, 3.05) is 0 Å². The van der Waals surface area contributed by atoms with Gasteiger partial charge in [-0.1, -0.05) is 12.2 Å². The molecule has 2 fully saturated rings. The highest BCUT2D eigenvalue weighted by molar-refractivity contribution is 5.78. The van der Waals surface area contributed by atoms with E-state index in [0.29, 0.717) is 24.2 Å². The molecule has 2 aliphatic carbocycles. The van der Waals surface area contributed by atoms with E-state index in [1.165, 1.54) is 10.0 Å². The second kappa shape index (κ2) is 9.97. The molecule has 0 aromatic heterocycles. The summed E-state index contributed by atoms with van der Waals surface area (Å²) in [6, 6.07) is 0.528. The molecule has 0 saturated heterocycles. The van der Waals surface area contributed by atoms with Gasteiger partial charge in [0.25, 0.3) is 0 Å². The molecule has 2 unspecified atom stereocenters. The van der Waals surface area contributed by atoms with E-state index in [0.717, 1.165) is 25.7 Å². The molecule has 4 aliphatic rings. The van der Waals surface area contributed by atoms with Crippen LogP contribution in [0.15, 0.2) is 35.9 Å². The van der Waals surface area contributed by atoms with Gasteiger partial charge in [-0.25, -0.2) is 9.59 Å². The molecule has 0 aromatic rings. The number of hydrogen-bond acceptors (Lipinski definition) is 8. The van der Waals surface area contributed by atoms with Gasteiger partial charge in [-0.2, -0.15) is 0 Å². The molecule has 0 aromatic carbocycles. The Bertz CT molecular complexity index is 835. The molecule has 2 atom stereocenters. The zero-order valence-corrected chi connectivity index (χ0v) is 17.8. The molecular formula is C22H28N6O4. The summed E-state index contributed by atoms with van der Waals surface area (Å²) in [7, 11) is 0. The number of allylic oxidation sites excluding steroid dienone is 4. The van der Waals surface area contributed by atoms with Crippen LogP contribution >= 0.6 is 0 Å². The molecule has 2 heterocycles. The predicted molar refractivity (Wildman–Crippen MR) is 114 cm³/mol. The molecule has 4 N–H and O–H groups in total. The number of hydrogen-bond donors (Lipinski definition) is 4. The van der Waals surface area contributed by atoms with Crippen LogP contribution in [0, 0.1) is 11.8 Å². The minimum absolute atomic E-state index is 0.0779. The summed E-state index contributed by atoms with van der Waals surface area (Å²) >= 11 is 0. The molecule has 10 heteroatoms. The average Bonchev–Trinajstić information content (AvgIpc) is 3.70. The maximum atomic E-state index is 12.2. The molecule has 4 rings (SSSR count). The highest BCUT2D eigenvalue weighted by Crippen LogP contribution is 2.28. The van der Waals surface area contributed by atoms with E-state index in [1.54, 1.807) is 12.4 Å². The van der Waals surface area contributed by atoms with Gasteiger partial charge in [-0.3, -0.25) is 19.6 Å². The highest BCUT2D eigenvalue weighted by atomic mass is 16.2. The first-order valence-corrected chi connectivity index (χ1v) is 11.1. The standard InChI is InChI=1S/C22H28N6O4/c29-13-19-15(11-21(31)23-17-5-6-17)3-1-9-27(19)25-26-28-10-2-4-16(20(28)14-30)12-22(32)24-18-7-8-18/h1-2,9-10,15-18,25-26H,3-8,11-12H2,(H,23,31)(H,24,32). The van der Waals surface area contributed by atoms with Crippen molar-refractivity contribution in [3.8, 4) is 0 Å². The fourth-order valence-electron chi connectivity index (χ4n) is 3.84. The first-order valence-electron chi connectivity index (χ1n) is 11.1. The topological polar surface area (TPSA) is 123 Å². The third kappa shape index (κ3) is 5.75. The summed E-state index contributed by atoms with van der Waals surface area (Å²) in [6.07, 6.45) is 12.6. The molecule has 0 radical (unpaired) electrons. The lowest BCUT2D eigenvalue weighted by Crippen LogP contribution is -2.53. The number of nitrogens with zero attached hydrogens (tertiary/aromatic N) is 2. The Morgan fingerprint density at radius 1 is 0.781 bits per heavy atom. The molecule has 0 bridgehead atoms. The lowest BCUT2D eigenvalue weighted by molar-refractivity contribution is -0.123.